The predicted octanol–water partition coefficient (Wildman–Crippen LogP) is 3.85. The summed E-state index contributed by atoms with van der Waals surface area (Å²) in [5.41, 5.74) is 4.50. The Labute approximate surface area is 142 Å². The minimum absolute atomic E-state index is 0.00661. The van der Waals surface area contributed by atoms with Crippen molar-refractivity contribution in [1.29, 1.82) is 0 Å². The van der Waals surface area contributed by atoms with Gasteiger partial charge in [0.25, 0.3) is 0 Å². The van der Waals surface area contributed by atoms with E-state index in [2.05, 4.69) is 71.9 Å². The van der Waals surface area contributed by atoms with Crippen LogP contribution < -0.4 is 0 Å². The van der Waals surface area contributed by atoms with E-state index in [1.165, 1.54) is 0 Å². The quantitative estimate of drug-likeness (QED) is 0.750. The molecule has 0 aliphatic rings. The third-order valence-corrected chi connectivity index (χ3v) is 3.92. The second-order valence-corrected chi connectivity index (χ2v) is 8.10. The second kappa shape index (κ2) is 5.54. The molecule has 0 unspecified atom stereocenters. The number of aromatic nitrogens is 6. The monoisotopic (exact) mass is 324 g/mol. The Morgan fingerprint density at radius 1 is 0.750 bits per heavy atom. The SMILES string of the molecule is CC(C)(C)c1cc(-c2ccnc(-c3cc(C(C)(C)C)[nH]n3)n2)n[nH]1. The zero-order valence-electron chi connectivity index (χ0n) is 15.1. The van der Waals surface area contributed by atoms with Gasteiger partial charge in [-0.3, -0.25) is 10.2 Å². The number of hydrogen-bond acceptors (Lipinski definition) is 4. The zero-order chi connectivity index (χ0) is 17.5. The van der Waals surface area contributed by atoms with Crippen LogP contribution in [0, 0.1) is 0 Å². The Kier molecular flexibility index (Phi) is 3.78. The maximum absolute atomic E-state index is 4.63. The van der Waals surface area contributed by atoms with Crippen molar-refractivity contribution in [3.63, 3.8) is 0 Å². The molecule has 0 atom stereocenters. The van der Waals surface area contributed by atoms with Crippen molar-refractivity contribution < 1.29 is 0 Å². The predicted molar refractivity (Wildman–Crippen MR) is 94.6 cm³/mol. The van der Waals surface area contributed by atoms with Gasteiger partial charge in [-0.1, -0.05) is 41.5 Å². The first-order valence-electron chi connectivity index (χ1n) is 8.10. The number of nitrogens with one attached hydrogen (secondary N) is 2. The number of hydrogen-bond donors (Lipinski definition) is 2. The molecule has 6 heteroatoms. The Balaban J connectivity index is 1.95. The second-order valence-electron chi connectivity index (χ2n) is 8.10. The molecule has 0 radical (unpaired) electrons. The molecule has 3 heterocycles. The highest BCUT2D eigenvalue weighted by Crippen LogP contribution is 2.26. The van der Waals surface area contributed by atoms with Gasteiger partial charge in [0.05, 0.1) is 5.69 Å². The lowest BCUT2D eigenvalue weighted by Crippen LogP contribution is -2.11. The third-order valence-electron chi connectivity index (χ3n) is 3.92. The zero-order valence-corrected chi connectivity index (χ0v) is 15.1. The molecule has 126 valence electrons. The summed E-state index contributed by atoms with van der Waals surface area (Å²) in [6.45, 7) is 12.9. The molecule has 3 rings (SSSR count). The maximum Gasteiger partial charge on any atom is 0.180 e. The van der Waals surface area contributed by atoms with Crippen LogP contribution in [0.1, 0.15) is 52.9 Å². The lowest BCUT2D eigenvalue weighted by molar-refractivity contribution is 0.566. The van der Waals surface area contributed by atoms with E-state index in [4.69, 9.17) is 0 Å². The van der Waals surface area contributed by atoms with Gasteiger partial charge < -0.3 is 0 Å². The van der Waals surface area contributed by atoms with Gasteiger partial charge in [-0.15, -0.1) is 0 Å². The van der Waals surface area contributed by atoms with Gasteiger partial charge in [0, 0.05) is 28.4 Å². The molecule has 0 aliphatic carbocycles. The number of aromatic amines is 2. The van der Waals surface area contributed by atoms with Crippen molar-refractivity contribution in [2.75, 3.05) is 0 Å². The molecule has 0 fully saturated rings. The fraction of sp³-hybridized carbons (Fsp3) is 0.444. The van der Waals surface area contributed by atoms with Crippen LogP contribution in [0.4, 0.5) is 0 Å². The molecule has 3 aromatic rings. The maximum atomic E-state index is 4.63. The van der Waals surface area contributed by atoms with E-state index >= 15 is 0 Å². The van der Waals surface area contributed by atoms with Crippen LogP contribution in [0.25, 0.3) is 22.9 Å². The van der Waals surface area contributed by atoms with Gasteiger partial charge >= 0.3 is 0 Å². The Morgan fingerprint density at radius 2 is 1.29 bits per heavy atom. The molecule has 6 nitrogen and oxygen atoms in total. The molecule has 3 aromatic heterocycles. The summed E-state index contributed by atoms with van der Waals surface area (Å²) in [6, 6.07) is 5.91. The van der Waals surface area contributed by atoms with E-state index in [0.29, 0.717) is 5.82 Å². The first kappa shape index (κ1) is 16.4. The molecule has 0 amide bonds. The van der Waals surface area contributed by atoms with Gasteiger partial charge in [0.1, 0.15) is 11.4 Å². The van der Waals surface area contributed by atoms with Gasteiger partial charge in [-0.05, 0) is 18.2 Å². The summed E-state index contributed by atoms with van der Waals surface area (Å²) < 4.78 is 0. The first-order valence-corrected chi connectivity index (χ1v) is 8.10. The smallest absolute Gasteiger partial charge is 0.180 e. The van der Waals surface area contributed by atoms with E-state index in [9.17, 15) is 0 Å². The number of nitrogens with zero attached hydrogens (tertiary/aromatic N) is 4. The van der Waals surface area contributed by atoms with E-state index in [1.54, 1.807) is 6.20 Å². The average molecular weight is 324 g/mol. The largest absolute Gasteiger partial charge is 0.281 e. The van der Waals surface area contributed by atoms with E-state index in [0.717, 1.165) is 28.5 Å². The molecule has 2 N–H and O–H groups in total. The average Bonchev–Trinajstić information content (AvgIpc) is 3.16. The van der Waals surface area contributed by atoms with Crippen LogP contribution in [-0.2, 0) is 10.8 Å². The van der Waals surface area contributed by atoms with Crippen LogP contribution in [-0.4, -0.2) is 30.4 Å². The van der Waals surface area contributed by atoms with Crippen LogP contribution in [0.15, 0.2) is 24.4 Å². The summed E-state index contributed by atoms with van der Waals surface area (Å²) in [4.78, 5) is 8.98. The lowest BCUT2D eigenvalue weighted by Gasteiger charge is -2.14. The fourth-order valence-corrected chi connectivity index (χ4v) is 2.28. The molecule has 24 heavy (non-hydrogen) atoms. The number of rotatable bonds is 2. The standard InChI is InChI=1S/C18H24N6/c1-17(2,3)14-9-12(21-23-14)11-7-8-19-16(20-11)13-10-15(24-22-13)18(4,5)6/h7-10H,1-6H3,(H,21,23)(H,22,24). The Bertz CT molecular complexity index is 777. The van der Waals surface area contributed by atoms with Crippen LogP contribution in [0.5, 0.6) is 0 Å². The topological polar surface area (TPSA) is 83.1 Å². The van der Waals surface area contributed by atoms with Crippen LogP contribution in [0.3, 0.4) is 0 Å². The van der Waals surface area contributed by atoms with Crippen LogP contribution in [0.2, 0.25) is 0 Å². The summed E-state index contributed by atoms with van der Waals surface area (Å²) in [6.07, 6.45) is 1.74. The van der Waals surface area contributed by atoms with Gasteiger partial charge in [-0.2, -0.15) is 10.2 Å². The van der Waals surface area contributed by atoms with E-state index in [-0.39, 0.29) is 10.8 Å². The Hall–Kier alpha value is -2.50. The minimum Gasteiger partial charge on any atom is -0.281 e. The molecular formula is C18H24N6. The lowest BCUT2D eigenvalue weighted by atomic mass is 9.92. The molecule has 0 aliphatic heterocycles. The summed E-state index contributed by atoms with van der Waals surface area (Å²) in [5, 5.41) is 14.9. The molecule has 0 saturated heterocycles. The molecule has 0 bridgehead atoms. The molecule has 0 saturated carbocycles. The van der Waals surface area contributed by atoms with Gasteiger partial charge in [0.2, 0.25) is 0 Å². The summed E-state index contributed by atoms with van der Waals surface area (Å²) in [5.74, 6) is 0.597. The highest BCUT2D eigenvalue weighted by molar-refractivity contribution is 5.59. The highest BCUT2D eigenvalue weighted by Gasteiger charge is 2.20. The Morgan fingerprint density at radius 3 is 1.83 bits per heavy atom. The van der Waals surface area contributed by atoms with Crippen molar-refractivity contribution in [1.82, 2.24) is 30.4 Å². The van der Waals surface area contributed by atoms with Gasteiger partial charge in [0.15, 0.2) is 5.82 Å². The van der Waals surface area contributed by atoms with Crippen LogP contribution >= 0.6 is 0 Å². The van der Waals surface area contributed by atoms with Gasteiger partial charge in [-0.25, -0.2) is 9.97 Å². The molecule has 0 aromatic carbocycles. The molecular weight excluding hydrogens is 300 g/mol. The summed E-state index contributed by atoms with van der Waals surface area (Å²) >= 11 is 0. The number of H-pyrrole nitrogens is 2. The van der Waals surface area contributed by atoms with E-state index < -0.39 is 0 Å². The minimum atomic E-state index is 0.00661. The van der Waals surface area contributed by atoms with Crippen molar-refractivity contribution in [2.24, 2.45) is 0 Å². The fourth-order valence-electron chi connectivity index (χ4n) is 2.28. The normalized spacial score (nSPS) is 12.6. The molecule has 0 spiro atoms. The third kappa shape index (κ3) is 3.22. The first-order chi connectivity index (χ1) is 11.1. The highest BCUT2D eigenvalue weighted by atomic mass is 15.2. The summed E-state index contributed by atoms with van der Waals surface area (Å²) in [7, 11) is 0. The van der Waals surface area contributed by atoms with Crippen molar-refractivity contribution in [3.8, 4) is 22.9 Å². The van der Waals surface area contributed by atoms with Crippen molar-refractivity contribution in [2.45, 2.75) is 52.4 Å². The van der Waals surface area contributed by atoms with Crippen molar-refractivity contribution >= 4 is 0 Å². The van der Waals surface area contributed by atoms with Crippen molar-refractivity contribution in [3.05, 3.63) is 35.8 Å². The van der Waals surface area contributed by atoms with E-state index in [1.807, 2.05) is 18.2 Å².